The zero-order valence-corrected chi connectivity index (χ0v) is 9.99. The number of nitriles is 1. The standard InChI is InChI=1S/C13H17NO2/c1-10(5-4-8-14)11-6-7-12(15-2)13(9-11)16-3/h6-7,9-10H,4-5H2,1-3H3. The summed E-state index contributed by atoms with van der Waals surface area (Å²) in [6.45, 7) is 2.11. The molecule has 1 aromatic carbocycles. The van der Waals surface area contributed by atoms with E-state index in [1.165, 1.54) is 5.56 Å². The number of benzene rings is 1. The average molecular weight is 219 g/mol. The van der Waals surface area contributed by atoms with Crippen molar-refractivity contribution >= 4 is 0 Å². The van der Waals surface area contributed by atoms with Crippen molar-refractivity contribution in [3.8, 4) is 17.6 Å². The van der Waals surface area contributed by atoms with Crippen LogP contribution < -0.4 is 9.47 Å². The maximum absolute atomic E-state index is 8.55. The van der Waals surface area contributed by atoms with Crippen LogP contribution in [-0.2, 0) is 0 Å². The van der Waals surface area contributed by atoms with Gasteiger partial charge in [0.2, 0.25) is 0 Å². The molecule has 0 radical (unpaired) electrons. The molecule has 0 aliphatic heterocycles. The molecule has 0 fully saturated rings. The lowest BCUT2D eigenvalue weighted by Gasteiger charge is -2.13. The fourth-order valence-electron chi connectivity index (χ4n) is 1.61. The third-order valence-corrected chi connectivity index (χ3v) is 2.67. The van der Waals surface area contributed by atoms with Crippen molar-refractivity contribution < 1.29 is 9.47 Å². The number of rotatable bonds is 5. The van der Waals surface area contributed by atoms with Gasteiger partial charge in [-0.25, -0.2) is 0 Å². The molecule has 0 saturated heterocycles. The van der Waals surface area contributed by atoms with E-state index in [4.69, 9.17) is 14.7 Å². The van der Waals surface area contributed by atoms with E-state index < -0.39 is 0 Å². The summed E-state index contributed by atoms with van der Waals surface area (Å²) in [6.07, 6.45) is 1.45. The summed E-state index contributed by atoms with van der Waals surface area (Å²) < 4.78 is 10.4. The molecule has 0 amide bonds. The van der Waals surface area contributed by atoms with Gasteiger partial charge in [-0.3, -0.25) is 0 Å². The normalized spacial score (nSPS) is 11.6. The molecule has 3 heteroatoms. The van der Waals surface area contributed by atoms with Gasteiger partial charge < -0.3 is 9.47 Å². The molecule has 1 atom stereocenters. The van der Waals surface area contributed by atoms with Crippen LogP contribution in [0.15, 0.2) is 18.2 Å². The summed E-state index contributed by atoms with van der Waals surface area (Å²) >= 11 is 0. The van der Waals surface area contributed by atoms with Gasteiger partial charge in [0.1, 0.15) is 0 Å². The Balaban J connectivity index is 2.86. The van der Waals surface area contributed by atoms with Crippen LogP contribution in [0.25, 0.3) is 0 Å². The molecule has 0 aliphatic rings. The smallest absolute Gasteiger partial charge is 0.160 e. The summed E-state index contributed by atoms with van der Waals surface area (Å²) in [5.41, 5.74) is 1.17. The van der Waals surface area contributed by atoms with Crippen molar-refractivity contribution in [2.24, 2.45) is 0 Å². The van der Waals surface area contributed by atoms with E-state index in [9.17, 15) is 0 Å². The third-order valence-electron chi connectivity index (χ3n) is 2.67. The zero-order valence-electron chi connectivity index (χ0n) is 9.99. The minimum Gasteiger partial charge on any atom is -0.493 e. The highest BCUT2D eigenvalue weighted by atomic mass is 16.5. The number of nitrogens with zero attached hydrogens (tertiary/aromatic N) is 1. The monoisotopic (exact) mass is 219 g/mol. The molecule has 16 heavy (non-hydrogen) atoms. The Morgan fingerprint density at radius 3 is 2.50 bits per heavy atom. The van der Waals surface area contributed by atoms with E-state index in [-0.39, 0.29) is 0 Å². The number of methoxy groups -OCH3 is 2. The maximum atomic E-state index is 8.55. The van der Waals surface area contributed by atoms with Gasteiger partial charge in [0.25, 0.3) is 0 Å². The molecular formula is C13H17NO2. The van der Waals surface area contributed by atoms with Crippen molar-refractivity contribution in [3.63, 3.8) is 0 Å². The van der Waals surface area contributed by atoms with Gasteiger partial charge in [-0.1, -0.05) is 13.0 Å². The summed E-state index contributed by atoms with van der Waals surface area (Å²) in [7, 11) is 3.25. The summed E-state index contributed by atoms with van der Waals surface area (Å²) in [6, 6.07) is 8.05. The highest BCUT2D eigenvalue weighted by Gasteiger charge is 2.09. The first-order valence-electron chi connectivity index (χ1n) is 5.31. The molecule has 0 saturated carbocycles. The molecule has 1 aromatic rings. The minimum atomic E-state index is 0.361. The van der Waals surface area contributed by atoms with Crippen LogP contribution in [0, 0.1) is 11.3 Å². The Morgan fingerprint density at radius 2 is 1.94 bits per heavy atom. The van der Waals surface area contributed by atoms with Gasteiger partial charge >= 0.3 is 0 Å². The second kappa shape index (κ2) is 6.02. The Kier molecular flexibility index (Phi) is 4.65. The van der Waals surface area contributed by atoms with Crippen LogP contribution in [0.2, 0.25) is 0 Å². The van der Waals surface area contributed by atoms with E-state index in [0.29, 0.717) is 12.3 Å². The van der Waals surface area contributed by atoms with Crippen LogP contribution in [0.3, 0.4) is 0 Å². The van der Waals surface area contributed by atoms with Crippen molar-refractivity contribution in [1.29, 1.82) is 5.26 Å². The molecule has 0 spiro atoms. The lowest BCUT2D eigenvalue weighted by atomic mass is 9.96. The van der Waals surface area contributed by atoms with E-state index in [1.807, 2.05) is 18.2 Å². The largest absolute Gasteiger partial charge is 0.493 e. The Morgan fingerprint density at radius 1 is 1.25 bits per heavy atom. The van der Waals surface area contributed by atoms with Crippen LogP contribution in [0.5, 0.6) is 11.5 Å². The molecule has 0 aromatic heterocycles. The highest BCUT2D eigenvalue weighted by Crippen LogP contribution is 2.31. The van der Waals surface area contributed by atoms with Crippen LogP contribution >= 0.6 is 0 Å². The molecule has 1 rings (SSSR count). The molecular weight excluding hydrogens is 202 g/mol. The quantitative estimate of drug-likeness (QED) is 0.764. The lowest BCUT2D eigenvalue weighted by molar-refractivity contribution is 0.354. The maximum Gasteiger partial charge on any atom is 0.160 e. The molecule has 0 bridgehead atoms. The first-order valence-corrected chi connectivity index (χ1v) is 5.31. The van der Waals surface area contributed by atoms with Gasteiger partial charge in [0.15, 0.2) is 11.5 Å². The van der Waals surface area contributed by atoms with Gasteiger partial charge in [0.05, 0.1) is 20.3 Å². The Bertz CT molecular complexity index is 382. The zero-order chi connectivity index (χ0) is 12.0. The molecule has 3 nitrogen and oxygen atoms in total. The second-order valence-electron chi connectivity index (χ2n) is 3.71. The van der Waals surface area contributed by atoms with Crippen LogP contribution in [-0.4, -0.2) is 14.2 Å². The number of hydrogen-bond donors (Lipinski definition) is 0. The summed E-state index contributed by atoms with van der Waals surface area (Å²) in [4.78, 5) is 0. The first-order chi connectivity index (χ1) is 7.72. The molecule has 0 N–H and O–H groups in total. The topological polar surface area (TPSA) is 42.2 Å². The van der Waals surface area contributed by atoms with Crippen molar-refractivity contribution in [2.45, 2.75) is 25.7 Å². The minimum absolute atomic E-state index is 0.361. The predicted molar refractivity (Wildman–Crippen MR) is 62.8 cm³/mol. The number of ether oxygens (including phenoxy) is 2. The molecule has 1 unspecified atom stereocenters. The fraction of sp³-hybridized carbons (Fsp3) is 0.462. The average Bonchev–Trinajstić information content (AvgIpc) is 2.34. The predicted octanol–water partition coefficient (Wildman–Crippen LogP) is 3.11. The lowest BCUT2D eigenvalue weighted by Crippen LogP contribution is -1.96. The third kappa shape index (κ3) is 2.90. The molecule has 86 valence electrons. The number of hydrogen-bond acceptors (Lipinski definition) is 3. The Labute approximate surface area is 96.6 Å². The van der Waals surface area contributed by atoms with Gasteiger partial charge in [-0.05, 0) is 30.0 Å². The van der Waals surface area contributed by atoms with Gasteiger partial charge in [-0.2, -0.15) is 5.26 Å². The van der Waals surface area contributed by atoms with Gasteiger partial charge in [0, 0.05) is 6.42 Å². The van der Waals surface area contributed by atoms with Crippen LogP contribution in [0.4, 0.5) is 0 Å². The highest BCUT2D eigenvalue weighted by molar-refractivity contribution is 5.43. The van der Waals surface area contributed by atoms with Crippen molar-refractivity contribution in [2.75, 3.05) is 14.2 Å². The SMILES string of the molecule is COc1ccc(C(C)CCC#N)cc1OC. The first kappa shape index (κ1) is 12.4. The van der Waals surface area contributed by atoms with E-state index in [1.54, 1.807) is 14.2 Å². The van der Waals surface area contributed by atoms with E-state index in [2.05, 4.69) is 13.0 Å². The molecule has 0 heterocycles. The summed E-state index contributed by atoms with van der Waals surface area (Å²) in [5.74, 6) is 1.84. The summed E-state index contributed by atoms with van der Waals surface area (Å²) in [5, 5.41) is 8.55. The Hall–Kier alpha value is -1.69. The van der Waals surface area contributed by atoms with Crippen molar-refractivity contribution in [1.82, 2.24) is 0 Å². The van der Waals surface area contributed by atoms with E-state index in [0.717, 1.165) is 17.9 Å². The second-order valence-corrected chi connectivity index (χ2v) is 3.71. The van der Waals surface area contributed by atoms with Gasteiger partial charge in [-0.15, -0.1) is 0 Å². The van der Waals surface area contributed by atoms with Crippen molar-refractivity contribution in [3.05, 3.63) is 23.8 Å². The van der Waals surface area contributed by atoms with E-state index >= 15 is 0 Å². The van der Waals surface area contributed by atoms with Crippen LogP contribution in [0.1, 0.15) is 31.2 Å². The molecule has 0 aliphatic carbocycles. The fourth-order valence-corrected chi connectivity index (χ4v) is 1.61.